The molecule has 0 rings (SSSR count). The summed E-state index contributed by atoms with van der Waals surface area (Å²) in [6, 6.07) is -0.0220. The van der Waals surface area contributed by atoms with Crippen molar-refractivity contribution in [1.82, 2.24) is 10.2 Å². The van der Waals surface area contributed by atoms with Crippen molar-refractivity contribution in [3.63, 3.8) is 0 Å². The van der Waals surface area contributed by atoms with Gasteiger partial charge < -0.3 is 10.2 Å². The van der Waals surface area contributed by atoms with Crippen LogP contribution >= 0.6 is 0 Å². The van der Waals surface area contributed by atoms with Crippen molar-refractivity contribution < 1.29 is 4.79 Å². The van der Waals surface area contributed by atoms with Gasteiger partial charge in [-0.3, -0.25) is 0 Å². The van der Waals surface area contributed by atoms with Gasteiger partial charge in [0.1, 0.15) is 0 Å². The summed E-state index contributed by atoms with van der Waals surface area (Å²) in [6.07, 6.45) is 4.92. The Morgan fingerprint density at radius 3 is 2.57 bits per heavy atom. The van der Waals surface area contributed by atoms with E-state index in [1.54, 1.807) is 11.1 Å². The number of amides is 2. The fraction of sp³-hybridized carbons (Fsp3) is 0.727. The van der Waals surface area contributed by atoms with E-state index in [0.717, 1.165) is 25.8 Å². The molecular weight excluding hydrogens is 176 g/mol. The summed E-state index contributed by atoms with van der Waals surface area (Å²) in [5.74, 6) is 0. The molecule has 0 spiro atoms. The van der Waals surface area contributed by atoms with E-state index in [4.69, 9.17) is 0 Å². The molecule has 0 radical (unpaired) electrons. The lowest BCUT2D eigenvalue weighted by molar-refractivity contribution is 0.212. The number of nitrogens with one attached hydrogen (secondary N) is 1. The Hall–Kier alpha value is -0.990. The van der Waals surface area contributed by atoms with Gasteiger partial charge in [0.2, 0.25) is 0 Å². The third-order valence-electron chi connectivity index (χ3n) is 2.19. The van der Waals surface area contributed by atoms with Gasteiger partial charge in [-0.05, 0) is 19.8 Å². The summed E-state index contributed by atoms with van der Waals surface area (Å²) in [7, 11) is 1.82. The zero-order chi connectivity index (χ0) is 11.0. The second-order valence-corrected chi connectivity index (χ2v) is 3.57. The summed E-state index contributed by atoms with van der Waals surface area (Å²) >= 11 is 0. The molecule has 3 heteroatoms. The average Bonchev–Trinajstić information content (AvgIpc) is 2.21. The van der Waals surface area contributed by atoms with Gasteiger partial charge in [0, 0.05) is 19.8 Å². The first-order valence-electron chi connectivity index (χ1n) is 5.29. The highest BCUT2D eigenvalue weighted by Crippen LogP contribution is 1.96. The number of urea groups is 1. The summed E-state index contributed by atoms with van der Waals surface area (Å²) < 4.78 is 0. The Labute approximate surface area is 87.2 Å². The Morgan fingerprint density at radius 2 is 2.07 bits per heavy atom. The van der Waals surface area contributed by atoms with Crippen LogP contribution in [0.5, 0.6) is 0 Å². The monoisotopic (exact) mass is 198 g/mol. The SMILES string of the molecule is CCCCN(C)C(=O)N/C=C(\C)CC. The third-order valence-corrected chi connectivity index (χ3v) is 2.19. The molecule has 0 atom stereocenters. The summed E-state index contributed by atoms with van der Waals surface area (Å²) in [5, 5.41) is 2.77. The summed E-state index contributed by atoms with van der Waals surface area (Å²) in [4.78, 5) is 13.2. The van der Waals surface area contributed by atoms with Gasteiger partial charge in [-0.1, -0.05) is 25.8 Å². The molecule has 0 aromatic carbocycles. The Morgan fingerprint density at radius 1 is 1.43 bits per heavy atom. The zero-order valence-electron chi connectivity index (χ0n) is 9.76. The van der Waals surface area contributed by atoms with Crippen LogP contribution in [0.3, 0.4) is 0 Å². The Bertz CT molecular complexity index is 199. The van der Waals surface area contributed by atoms with Crippen LogP contribution in [0.25, 0.3) is 0 Å². The smallest absolute Gasteiger partial charge is 0.321 e. The summed E-state index contributed by atoms with van der Waals surface area (Å²) in [6.45, 7) is 7.01. The molecule has 0 saturated carbocycles. The number of nitrogens with zero attached hydrogens (tertiary/aromatic N) is 1. The van der Waals surface area contributed by atoms with Crippen molar-refractivity contribution in [2.45, 2.75) is 40.0 Å². The molecule has 2 amide bonds. The normalized spacial score (nSPS) is 11.3. The maximum Gasteiger partial charge on any atom is 0.321 e. The number of carbonyl (C=O) groups is 1. The van der Waals surface area contributed by atoms with Crippen LogP contribution in [-0.4, -0.2) is 24.5 Å². The first kappa shape index (κ1) is 13.0. The first-order chi connectivity index (χ1) is 6.61. The fourth-order valence-corrected chi connectivity index (χ4v) is 0.894. The summed E-state index contributed by atoms with van der Waals surface area (Å²) in [5.41, 5.74) is 1.18. The standard InChI is InChI=1S/C11H22N2O/c1-5-7-8-13(4)11(14)12-9-10(3)6-2/h9H,5-8H2,1-4H3,(H,12,14)/b10-9+. The van der Waals surface area contributed by atoms with Gasteiger partial charge in [0.15, 0.2) is 0 Å². The minimum atomic E-state index is -0.0220. The minimum absolute atomic E-state index is 0.0220. The maximum atomic E-state index is 11.4. The number of rotatable bonds is 5. The quantitative estimate of drug-likeness (QED) is 0.723. The van der Waals surface area contributed by atoms with Crippen molar-refractivity contribution in [2.24, 2.45) is 0 Å². The minimum Gasteiger partial charge on any atom is -0.328 e. The zero-order valence-corrected chi connectivity index (χ0v) is 9.76. The van der Waals surface area contributed by atoms with Gasteiger partial charge in [-0.15, -0.1) is 0 Å². The van der Waals surface area contributed by atoms with E-state index >= 15 is 0 Å². The lowest BCUT2D eigenvalue weighted by atomic mass is 10.3. The van der Waals surface area contributed by atoms with Crippen LogP contribution in [0.15, 0.2) is 11.8 Å². The van der Waals surface area contributed by atoms with Crippen LogP contribution in [-0.2, 0) is 0 Å². The number of carbonyl (C=O) groups excluding carboxylic acids is 1. The molecule has 3 nitrogen and oxygen atoms in total. The van der Waals surface area contributed by atoms with Crippen LogP contribution in [0.1, 0.15) is 40.0 Å². The van der Waals surface area contributed by atoms with E-state index in [2.05, 4.69) is 19.2 Å². The van der Waals surface area contributed by atoms with E-state index in [1.165, 1.54) is 5.57 Å². The molecule has 0 aliphatic carbocycles. The van der Waals surface area contributed by atoms with E-state index in [9.17, 15) is 4.79 Å². The van der Waals surface area contributed by atoms with Crippen molar-refractivity contribution >= 4 is 6.03 Å². The highest BCUT2D eigenvalue weighted by atomic mass is 16.2. The van der Waals surface area contributed by atoms with E-state index in [0.29, 0.717) is 0 Å². The molecule has 0 aliphatic heterocycles. The first-order valence-corrected chi connectivity index (χ1v) is 5.29. The predicted octanol–water partition coefficient (Wildman–Crippen LogP) is 2.74. The number of unbranched alkanes of at least 4 members (excludes halogenated alkanes) is 1. The van der Waals surface area contributed by atoms with Gasteiger partial charge in [0.05, 0.1) is 0 Å². The topological polar surface area (TPSA) is 32.3 Å². The average molecular weight is 198 g/mol. The molecule has 0 heterocycles. The van der Waals surface area contributed by atoms with E-state index < -0.39 is 0 Å². The molecule has 0 unspecified atom stereocenters. The third kappa shape index (κ3) is 5.62. The molecule has 0 bridgehead atoms. The van der Waals surface area contributed by atoms with Crippen LogP contribution in [0.2, 0.25) is 0 Å². The van der Waals surface area contributed by atoms with Crippen LogP contribution in [0.4, 0.5) is 4.79 Å². The highest BCUT2D eigenvalue weighted by Gasteiger charge is 2.04. The lowest BCUT2D eigenvalue weighted by Crippen LogP contribution is -2.35. The highest BCUT2D eigenvalue weighted by molar-refractivity contribution is 5.74. The Balaban J connectivity index is 3.83. The largest absolute Gasteiger partial charge is 0.328 e. The van der Waals surface area contributed by atoms with Crippen LogP contribution < -0.4 is 5.32 Å². The van der Waals surface area contributed by atoms with Gasteiger partial charge in [-0.25, -0.2) is 4.79 Å². The second kappa shape index (κ2) is 7.42. The molecule has 14 heavy (non-hydrogen) atoms. The van der Waals surface area contributed by atoms with Gasteiger partial charge in [0.25, 0.3) is 0 Å². The van der Waals surface area contributed by atoms with E-state index in [-0.39, 0.29) is 6.03 Å². The Kier molecular flexibility index (Phi) is 6.89. The molecule has 0 aliphatic rings. The van der Waals surface area contributed by atoms with Crippen molar-refractivity contribution in [3.05, 3.63) is 11.8 Å². The van der Waals surface area contributed by atoms with Crippen molar-refractivity contribution in [1.29, 1.82) is 0 Å². The van der Waals surface area contributed by atoms with Crippen molar-refractivity contribution in [3.8, 4) is 0 Å². The lowest BCUT2D eigenvalue weighted by Gasteiger charge is -2.16. The molecule has 0 saturated heterocycles. The predicted molar refractivity (Wildman–Crippen MR) is 60.1 cm³/mol. The molecule has 0 aromatic heterocycles. The second-order valence-electron chi connectivity index (χ2n) is 3.57. The molecule has 1 N–H and O–H groups in total. The van der Waals surface area contributed by atoms with Crippen molar-refractivity contribution in [2.75, 3.05) is 13.6 Å². The molecular formula is C11H22N2O. The van der Waals surface area contributed by atoms with Gasteiger partial charge >= 0.3 is 6.03 Å². The number of hydrogen-bond donors (Lipinski definition) is 1. The molecule has 0 fully saturated rings. The molecule has 0 aromatic rings. The maximum absolute atomic E-state index is 11.4. The van der Waals surface area contributed by atoms with Gasteiger partial charge in [-0.2, -0.15) is 0 Å². The number of hydrogen-bond acceptors (Lipinski definition) is 1. The molecule has 82 valence electrons. The number of allylic oxidation sites excluding steroid dienone is 1. The van der Waals surface area contributed by atoms with E-state index in [1.807, 2.05) is 14.0 Å². The fourth-order valence-electron chi connectivity index (χ4n) is 0.894. The van der Waals surface area contributed by atoms with Crippen LogP contribution in [0, 0.1) is 0 Å².